The number of nitrogens with one attached hydrogen (secondary N) is 2. The van der Waals surface area contributed by atoms with E-state index in [1.807, 2.05) is 19.2 Å². The van der Waals surface area contributed by atoms with Crippen molar-refractivity contribution < 1.29 is 8.42 Å². The summed E-state index contributed by atoms with van der Waals surface area (Å²) in [6.07, 6.45) is 0.764. The lowest BCUT2D eigenvalue weighted by Gasteiger charge is -2.17. The van der Waals surface area contributed by atoms with Crippen LogP contribution in [0.25, 0.3) is 0 Å². The van der Waals surface area contributed by atoms with Crippen molar-refractivity contribution in [2.24, 2.45) is 0 Å². The number of rotatable bonds is 8. The van der Waals surface area contributed by atoms with Crippen LogP contribution in [0.2, 0.25) is 5.02 Å². The average Bonchev–Trinajstić information content (AvgIpc) is 2.38. The third-order valence-electron chi connectivity index (χ3n) is 2.71. The highest BCUT2D eigenvalue weighted by atomic mass is 35.5. The molecule has 0 aliphatic heterocycles. The van der Waals surface area contributed by atoms with Gasteiger partial charge < -0.3 is 5.32 Å². The van der Waals surface area contributed by atoms with E-state index in [1.165, 1.54) is 4.31 Å². The highest BCUT2D eigenvalue weighted by Crippen LogP contribution is 2.14. The molecule has 0 saturated carbocycles. The molecule has 7 heteroatoms. The topological polar surface area (TPSA) is 61.4 Å². The fourth-order valence-corrected chi connectivity index (χ4v) is 2.65. The summed E-state index contributed by atoms with van der Waals surface area (Å²) in [5, 5.41) is 3.54. The van der Waals surface area contributed by atoms with Crippen LogP contribution in [0.15, 0.2) is 24.3 Å². The molecule has 108 valence electrons. The van der Waals surface area contributed by atoms with Crippen LogP contribution in [0, 0.1) is 0 Å². The summed E-state index contributed by atoms with van der Waals surface area (Å²) in [6.45, 7) is 1.45. The molecule has 0 spiro atoms. The summed E-state index contributed by atoms with van der Waals surface area (Å²) in [6, 6.07) is 7.17. The van der Waals surface area contributed by atoms with Crippen LogP contribution in [0.5, 0.6) is 0 Å². The summed E-state index contributed by atoms with van der Waals surface area (Å²) < 4.78 is 27.8. The predicted molar refractivity (Wildman–Crippen MR) is 78.4 cm³/mol. The summed E-state index contributed by atoms with van der Waals surface area (Å²) in [4.78, 5) is 0. The van der Waals surface area contributed by atoms with Gasteiger partial charge in [0.15, 0.2) is 0 Å². The zero-order chi connectivity index (χ0) is 14.3. The Hall–Kier alpha value is -0.660. The molecule has 2 N–H and O–H groups in total. The van der Waals surface area contributed by atoms with E-state index in [4.69, 9.17) is 11.6 Å². The first-order valence-electron chi connectivity index (χ1n) is 6.06. The number of benzene rings is 1. The van der Waals surface area contributed by atoms with Gasteiger partial charge in [-0.25, -0.2) is 0 Å². The van der Waals surface area contributed by atoms with Crippen molar-refractivity contribution in [3.05, 3.63) is 34.9 Å². The number of hydrogen-bond acceptors (Lipinski definition) is 3. The molecule has 1 aromatic rings. The Morgan fingerprint density at radius 3 is 2.63 bits per heavy atom. The van der Waals surface area contributed by atoms with Crippen molar-refractivity contribution >= 4 is 21.8 Å². The monoisotopic (exact) mass is 305 g/mol. The van der Waals surface area contributed by atoms with Gasteiger partial charge in [0.05, 0.1) is 0 Å². The van der Waals surface area contributed by atoms with Crippen molar-refractivity contribution in [2.45, 2.75) is 13.0 Å². The zero-order valence-electron chi connectivity index (χ0n) is 11.2. The maximum atomic E-state index is 12.0. The predicted octanol–water partition coefficient (Wildman–Crippen LogP) is 1.22. The quantitative estimate of drug-likeness (QED) is 0.710. The molecule has 0 radical (unpaired) electrons. The van der Waals surface area contributed by atoms with Gasteiger partial charge in [-0.15, -0.1) is 0 Å². The Balaban J connectivity index is 2.53. The molecule has 0 aromatic heterocycles. The maximum absolute atomic E-state index is 12.0. The fourth-order valence-electron chi connectivity index (χ4n) is 1.52. The summed E-state index contributed by atoms with van der Waals surface area (Å²) in [7, 11) is -0.0612. The Morgan fingerprint density at radius 2 is 2.00 bits per heavy atom. The molecular weight excluding hydrogens is 286 g/mol. The lowest BCUT2D eigenvalue weighted by molar-refractivity contribution is 0.447. The van der Waals surface area contributed by atoms with Gasteiger partial charge in [0.25, 0.3) is 10.2 Å². The smallest absolute Gasteiger partial charge is 0.279 e. The third kappa shape index (κ3) is 5.46. The minimum atomic E-state index is -3.46. The summed E-state index contributed by atoms with van der Waals surface area (Å²) >= 11 is 5.98. The van der Waals surface area contributed by atoms with Crippen LogP contribution in [0.4, 0.5) is 0 Å². The molecule has 1 aromatic carbocycles. The fraction of sp³-hybridized carbons (Fsp3) is 0.500. The first kappa shape index (κ1) is 16.4. The number of halogens is 1. The first-order valence-corrected chi connectivity index (χ1v) is 7.88. The van der Waals surface area contributed by atoms with Crippen molar-refractivity contribution in [2.75, 3.05) is 27.2 Å². The van der Waals surface area contributed by atoms with E-state index in [0.717, 1.165) is 18.5 Å². The largest absolute Gasteiger partial charge is 0.320 e. The van der Waals surface area contributed by atoms with E-state index < -0.39 is 10.2 Å². The molecule has 5 nitrogen and oxygen atoms in total. The maximum Gasteiger partial charge on any atom is 0.279 e. The van der Waals surface area contributed by atoms with Crippen LogP contribution in [-0.2, 0) is 16.8 Å². The van der Waals surface area contributed by atoms with Gasteiger partial charge in [0.1, 0.15) is 0 Å². The molecule has 0 unspecified atom stereocenters. The Kier molecular flexibility index (Phi) is 6.74. The normalized spacial score (nSPS) is 12.0. The molecule has 0 bridgehead atoms. The average molecular weight is 306 g/mol. The second-order valence-electron chi connectivity index (χ2n) is 4.20. The van der Waals surface area contributed by atoms with Crippen LogP contribution in [0.1, 0.15) is 12.0 Å². The Labute approximate surface area is 120 Å². The van der Waals surface area contributed by atoms with Crippen molar-refractivity contribution in [3.63, 3.8) is 0 Å². The minimum absolute atomic E-state index is 0.193. The van der Waals surface area contributed by atoms with Crippen LogP contribution >= 0.6 is 11.6 Å². The standard InChI is InChI=1S/C12H20ClN3O2S/c1-14-8-5-9-16(2)19(17,18)15-10-11-6-3-4-7-12(11)13/h3-4,6-7,14-15H,5,8-10H2,1-2H3. The van der Waals surface area contributed by atoms with Gasteiger partial charge in [-0.3, -0.25) is 0 Å². The Bertz CT molecular complexity index is 494. The van der Waals surface area contributed by atoms with Gasteiger partial charge in [0.2, 0.25) is 0 Å². The minimum Gasteiger partial charge on any atom is -0.320 e. The number of nitrogens with zero attached hydrogens (tertiary/aromatic N) is 1. The molecule has 1 rings (SSSR count). The number of hydrogen-bond donors (Lipinski definition) is 2. The molecule has 0 fully saturated rings. The van der Waals surface area contributed by atoms with E-state index in [0.29, 0.717) is 11.6 Å². The van der Waals surface area contributed by atoms with Crippen LogP contribution in [0.3, 0.4) is 0 Å². The highest BCUT2D eigenvalue weighted by Gasteiger charge is 2.16. The zero-order valence-corrected chi connectivity index (χ0v) is 12.8. The van der Waals surface area contributed by atoms with Crippen LogP contribution in [-0.4, -0.2) is 39.9 Å². The van der Waals surface area contributed by atoms with Crippen molar-refractivity contribution in [1.29, 1.82) is 0 Å². The molecule has 19 heavy (non-hydrogen) atoms. The van der Waals surface area contributed by atoms with Crippen molar-refractivity contribution in [3.8, 4) is 0 Å². The lowest BCUT2D eigenvalue weighted by atomic mass is 10.2. The third-order valence-corrected chi connectivity index (χ3v) is 4.59. The lowest BCUT2D eigenvalue weighted by Crippen LogP contribution is -2.39. The molecule has 0 atom stereocenters. The molecular formula is C12H20ClN3O2S. The van der Waals surface area contributed by atoms with Crippen LogP contribution < -0.4 is 10.0 Å². The molecule has 0 amide bonds. The van der Waals surface area contributed by atoms with Gasteiger partial charge in [-0.1, -0.05) is 29.8 Å². The Morgan fingerprint density at radius 1 is 1.32 bits per heavy atom. The van der Waals surface area contributed by atoms with Crippen molar-refractivity contribution in [1.82, 2.24) is 14.3 Å². The molecule has 0 heterocycles. The van der Waals surface area contributed by atoms with E-state index in [1.54, 1.807) is 19.2 Å². The summed E-state index contributed by atoms with van der Waals surface area (Å²) in [5.41, 5.74) is 0.761. The van der Waals surface area contributed by atoms with E-state index >= 15 is 0 Å². The van der Waals surface area contributed by atoms with Gasteiger partial charge in [0, 0.05) is 25.2 Å². The van der Waals surface area contributed by atoms with E-state index in [-0.39, 0.29) is 6.54 Å². The summed E-state index contributed by atoms with van der Waals surface area (Å²) in [5.74, 6) is 0. The highest BCUT2D eigenvalue weighted by molar-refractivity contribution is 7.87. The second kappa shape index (κ2) is 7.81. The van der Waals surface area contributed by atoms with Gasteiger partial charge in [-0.05, 0) is 31.6 Å². The molecule has 0 saturated heterocycles. The first-order chi connectivity index (χ1) is 8.97. The SMILES string of the molecule is CNCCCN(C)S(=O)(=O)NCc1ccccc1Cl. The van der Waals surface area contributed by atoms with Gasteiger partial charge in [-0.2, -0.15) is 17.4 Å². The molecule has 0 aliphatic carbocycles. The molecule has 0 aliphatic rings. The van der Waals surface area contributed by atoms with Gasteiger partial charge >= 0.3 is 0 Å². The van der Waals surface area contributed by atoms with E-state index in [9.17, 15) is 8.42 Å². The second-order valence-corrected chi connectivity index (χ2v) is 6.47. The van der Waals surface area contributed by atoms with E-state index in [2.05, 4.69) is 10.0 Å².